The molecule has 1 N–H and O–H groups in total. The van der Waals surface area contributed by atoms with Crippen molar-refractivity contribution in [2.24, 2.45) is 0 Å². The maximum atomic E-state index is 11.6. The highest BCUT2D eigenvalue weighted by atomic mass is 16.7. The Morgan fingerprint density at radius 2 is 1.23 bits per heavy atom. The SMILES string of the molecule is CCCCCCCCCCCCCC(=O)CCC(=O)ONC. The van der Waals surface area contributed by atoms with Gasteiger partial charge in [0.25, 0.3) is 0 Å². The van der Waals surface area contributed by atoms with Crippen LogP contribution in [0.4, 0.5) is 0 Å². The lowest BCUT2D eigenvalue weighted by Crippen LogP contribution is -2.15. The van der Waals surface area contributed by atoms with Gasteiger partial charge in [0.2, 0.25) is 0 Å². The number of hydrogen-bond donors (Lipinski definition) is 1. The molecule has 0 saturated heterocycles. The molecule has 0 unspecified atom stereocenters. The summed E-state index contributed by atoms with van der Waals surface area (Å²) in [7, 11) is 1.53. The Kier molecular flexibility index (Phi) is 15.8. The minimum absolute atomic E-state index is 0.170. The van der Waals surface area contributed by atoms with Crippen molar-refractivity contribution in [3.63, 3.8) is 0 Å². The summed E-state index contributed by atoms with van der Waals surface area (Å²) in [6, 6.07) is 0. The lowest BCUT2D eigenvalue weighted by Gasteiger charge is -2.03. The molecule has 0 atom stereocenters. The zero-order chi connectivity index (χ0) is 16.5. The summed E-state index contributed by atoms with van der Waals surface area (Å²) in [5.74, 6) is -0.196. The molecule has 0 heterocycles. The number of Topliss-reactive ketones (excluding diaryl/α,β-unsaturated/α-hetero) is 1. The Bertz CT molecular complexity index is 280. The molecule has 0 bridgehead atoms. The van der Waals surface area contributed by atoms with Gasteiger partial charge in [-0.05, 0) is 6.42 Å². The molecule has 0 aromatic carbocycles. The average Bonchev–Trinajstić information content (AvgIpc) is 2.51. The van der Waals surface area contributed by atoms with E-state index in [-0.39, 0.29) is 18.2 Å². The van der Waals surface area contributed by atoms with E-state index in [1.165, 1.54) is 64.8 Å². The van der Waals surface area contributed by atoms with Gasteiger partial charge in [-0.2, -0.15) is 5.48 Å². The quantitative estimate of drug-likeness (QED) is 0.331. The summed E-state index contributed by atoms with van der Waals surface area (Å²) >= 11 is 0. The van der Waals surface area contributed by atoms with Crippen LogP contribution in [0.2, 0.25) is 0 Å². The molecule has 22 heavy (non-hydrogen) atoms. The van der Waals surface area contributed by atoms with Crippen molar-refractivity contribution in [3.05, 3.63) is 0 Å². The van der Waals surface area contributed by atoms with Crippen LogP contribution < -0.4 is 5.48 Å². The van der Waals surface area contributed by atoms with E-state index < -0.39 is 0 Å². The topological polar surface area (TPSA) is 55.4 Å². The Hall–Kier alpha value is -0.900. The Morgan fingerprint density at radius 1 is 0.727 bits per heavy atom. The van der Waals surface area contributed by atoms with Crippen LogP contribution in [0, 0.1) is 0 Å². The van der Waals surface area contributed by atoms with Crippen LogP contribution in [0.25, 0.3) is 0 Å². The first-order valence-electron chi connectivity index (χ1n) is 9.08. The molecule has 4 nitrogen and oxygen atoms in total. The number of rotatable bonds is 16. The fourth-order valence-electron chi connectivity index (χ4n) is 2.52. The lowest BCUT2D eigenvalue weighted by molar-refractivity contribution is -0.150. The van der Waals surface area contributed by atoms with Gasteiger partial charge in [-0.1, -0.05) is 71.1 Å². The predicted molar refractivity (Wildman–Crippen MR) is 90.5 cm³/mol. The highest BCUT2D eigenvalue weighted by Crippen LogP contribution is 2.12. The van der Waals surface area contributed by atoms with E-state index in [4.69, 9.17) is 0 Å². The summed E-state index contributed by atoms with van der Waals surface area (Å²) in [6.07, 6.45) is 15.2. The first kappa shape index (κ1) is 21.1. The normalized spacial score (nSPS) is 10.6. The van der Waals surface area contributed by atoms with Gasteiger partial charge in [-0.25, -0.2) is 0 Å². The highest BCUT2D eigenvalue weighted by Gasteiger charge is 2.07. The molecule has 0 fully saturated rings. The second-order valence-electron chi connectivity index (χ2n) is 6.00. The lowest BCUT2D eigenvalue weighted by atomic mass is 10.0. The number of carbonyl (C=O) groups excluding carboxylic acids is 2. The van der Waals surface area contributed by atoms with Gasteiger partial charge >= 0.3 is 5.97 Å². The van der Waals surface area contributed by atoms with E-state index in [1.807, 2.05) is 0 Å². The van der Waals surface area contributed by atoms with Gasteiger partial charge in [-0.3, -0.25) is 9.59 Å². The summed E-state index contributed by atoms with van der Waals surface area (Å²) in [5, 5.41) is 0. The van der Waals surface area contributed by atoms with Crippen LogP contribution >= 0.6 is 0 Å². The van der Waals surface area contributed by atoms with Crippen LogP contribution in [-0.2, 0) is 14.4 Å². The second kappa shape index (κ2) is 16.5. The number of carbonyl (C=O) groups is 2. The van der Waals surface area contributed by atoms with E-state index >= 15 is 0 Å². The number of hydrogen-bond acceptors (Lipinski definition) is 4. The predicted octanol–water partition coefficient (Wildman–Crippen LogP) is 4.71. The van der Waals surface area contributed by atoms with Crippen molar-refractivity contribution in [3.8, 4) is 0 Å². The van der Waals surface area contributed by atoms with Crippen molar-refractivity contribution < 1.29 is 14.4 Å². The third-order valence-corrected chi connectivity index (χ3v) is 3.88. The summed E-state index contributed by atoms with van der Waals surface area (Å²) in [6.45, 7) is 2.25. The summed E-state index contributed by atoms with van der Waals surface area (Å²) < 4.78 is 0. The molecule has 0 aliphatic heterocycles. The van der Waals surface area contributed by atoms with Crippen LogP contribution in [0.5, 0.6) is 0 Å². The first-order chi connectivity index (χ1) is 10.7. The summed E-state index contributed by atoms with van der Waals surface area (Å²) in [4.78, 5) is 27.2. The Labute approximate surface area is 136 Å². The van der Waals surface area contributed by atoms with Crippen LogP contribution in [0.15, 0.2) is 0 Å². The van der Waals surface area contributed by atoms with E-state index in [0.717, 1.165) is 12.8 Å². The van der Waals surface area contributed by atoms with Crippen molar-refractivity contribution in [1.29, 1.82) is 0 Å². The van der Waals surface area contributed by atoms with Crippen molar-refractivity contribution in [2.75, 3.05) is 7.05 Å². The van der Waals surface area contributed by atoms with E-state index in [0.29, 0.717) is 12.8 Å². The van der Waals surface area contributed by atoms with Gasteiger partial charge in [0.1, 0.15) is 5.78 Å². The minimum atomic E-state index is -0.366. The van der Waals surface area contributed by atoms with Crippen molar-refractivity contribution in [1.82, 2.24) is 5.48 Å². The average molecular weight is 313 g/mol. The molecular formula is C18H35NO3. The molecule has 0 rings (SSSR count). The zero-order valence-electron chi connectivity index (χ0n) is 14.6. The van der Waals surface area contributed by atoms with Crippen LogP contribution in [0.1, 0.15) is 96.8 Å². The second-order valence-corrected chi connectivity index (χ2v) is 6.00. The van der Waals surface area contributed by atoms with Crippen molar-refractivity contribution >= 4 is 11.8 Å². The van der Waals surface area contributed by atoms with Gasteiger partial charge < -0.3 is 4.84 Å². The number of unbranched alkanes of at least 4 members (excludes halogenated alkanes) is 10. The standard InChI is InChI=1S/C18H35NO3/c1-3-4-5-6-7-8-9-10-11-12-13-14-17(20)15-16-18(21)22-19-2/h19H,3-16H2,1-2H3. The smallest absolute Gasteiger partial charge is 0.325 e. The maximum absolute atomic E-state index is 11.6. The van der Waals surface area contributed by atoms with E-state index in [2.05, 4.69) is 17.2 Å². The van der Waals surface area contributed by atoms with Gasteiger partial charge in [0, 0.05) is 19.9 Å². The number of ketones is 1. The highest BCUT2D eigenvalue weighted by molar-refractivity contribution is 5.82. The molecule has 4 heteroatoms. The van der Waals surface area contributed by atoms with Gasteiger partial charge in [0.15, 0.2) is 0 Å². The van der Waals surface area contributed by atoms with E-state index in [1.54, 1.807) is 0 Å². The zero-order valence-corrected chi connectivity index (χ0v) is 14.6. The van der Waals surface area contributed by atoms with Gasteiger partial charge in [0.05, 0.1) is 6.42 Å². The minimum Gasteiger partial charge on any atom is -0.371 e. The number of hydroxylamine groups is 1. The third kappa shape index (κ3) is 15.5. The molecule has 0 aromatic heterocycles. The molecule has 0 amide bonds. The molecule has 0 spiro atoms. The summed E-state index contributed by atoms with van der Waals surface area (Å²) in [5.41, 5.74) is 2.32. The largest absolute Gasteiger partial charge is 0.371 e. The van der Waals surface area contributed by atoms with E-state index in [9.17, 15) is 9.59 Å². The molecule has 0 saturated carbocycles. The first-order valence-corrected chi connectivity index (χ1v) is 9.08. The molecule has 0 radical (unpaired) electrons. The molecule has 130 valence electrons. The molecular weight excluding hydrogens is 278 g/mol. The Morgan fingerprint density at radius 3 is 1.73 bits per heavy atom. The molecule has 0 aliphatic rings. The third-order valence-electron chi connectivity index (χ3n) is 3.88. The maximum Gasteiger partial charge on any atom is 0.325 e. The Balaban J connectivity index is 3.22. The fourth-order valence-corrected chi connectivity index (χ4v) is 2.52. The van der Waals surface area contributed by atoms with Crippen LogP contribution in [0.3, 0.4) is 0 Å². The van der Waals surface area contributed by atoms with Crippen LogP contribution in [-0.4, -0.2) is 18.8 Å². The molecule has 0 aliphatic carbocycles. The number of nitrogens with one attached hydrogen (secondary N) is 1. The monoisotopic (exact) mass is 313 g/mol. The van der Waals surface area contributed by atoms with Gasteiger partial charge in [-0.15, -0.1) is 0 Å². The fraction of sp³-hybridized carbons (Fsp3) is 0.889. The molecule has 0 aromatic rings. The van der Waals surface area contributed by atoms with Crippen molar-refractivity contribution in [2.45, 2.75) is 96.8 Å².